The van der Waals surface area contributed by atoms with Crippen LogP contribution in [0.1, 0.15) is 5.56 Å². The Labute approximate surface area is 142 Å². The highest BCUT2D eigenvalue weighted by molar-refractivity contribution is 7.99. The molecular formula is C19H19N3OS. The topological polar surface area (TPSA) is 54.9 Å². The lowest BCUT2D eigenvalue weighted by molar-refractivity contribution is 0.685. The molecule has 5 heteroatoms. The van der Waals surface area contributed by atoms with Crippen molar-refractivity contribution in [2.45, 2.75) is 11.8 Å². The Balaban J connectivity index is 1.92. The van der Waals surface area contributed by atoms with Gasteiger partial charge in [0, 0.05) is 28.5 Å². The quantitative estimate of drug-likeness (QED) is 0.734. The molecule has 0 spiro atoms. The van der Waals surface area contributed by atoms with E-state index in [1.165, 1.54) is 11.9 Å². The number of aromatic nitrogens is 2. The van der Waals surface area contributed by atoms with Gasteiger partial charge in [0.05, 0.1) is 5.69 Å². The first kappa shape index (κ1) is 16.2. The number of benzene rings is 2. The Morgan fingerprint density at radius 3 is 2.50 bits per heavy atom. The predicted molar refractivity (Wildman–Crippen MR) is 101 cm³/mol. The summed E-state index contributed by atoms with van der Waals surface area (Å²) < 4.78 is 12.2. The molecule has 0 fully saturated rings. The van der Waals surface area contributed by atoms with Crippen molar-refractivity contribution >= 4 is 26.9 Å². The zero-order valence-corrected chi connectivity index (χ0v) is 14.5. The number of nitrogens with one attached hydrogen (secondary N) is 1. The standard InChI is InChI=1S/C19H19N3OS/c1-14-7-9-16(10-8-14)22-19-12-18(20-13-21-19)15-5-4-6-17(11-15)24(2,3)23/h4-13H,2H2,1,3H3,(H,20,21,22). The van der Waals surface area contributed by atoms with E-state index in [4.69, 9.17) is 0 Å². The van der Waals surface area contributed by atoms with Crippen LogP contribution in [0.15, 0.2) is 65.8 Å². The van der Waals surface area contributed by atoms with Crippen LogP contribution >= 0.6 is 0 Å². The Morgan fingerprint density at radius 2 is 1.79 bits per heavy atom. The van der Waals surface area contributed by atoms with Gasteiger partial charge in [-0.25, -0.2) is 9.97 Å². The number of hydrogen-bond acceptors (Lipinski definition) is 4. The minimum atomic E-state index is -2.26. The van der Waals surface area contributed by atoms with Crippen molar-refractivity contribution in [1.29, 1.82) is 0 Å². The van der Waals surface area contributed by atoms with Crippen LogP contribution in [0.5, 0.6) is 0 Å². The summed E-state index contributed by atoms with van der Waals surface area (Å²) in [7, 11) is -2.26. The van der Waals surface area contributed by atoms with Gasteiger partial charge in [-0.3, -0.25) is 4.21 Å². The third-order valence-electron chi connectivity index (χ3n) is 3.62. The van der Waals surface area contributed by atoms with Crippen LogP contribution in [0.2, 0.25) is 0 Å². The maximum Gasteiger partial charge on any atom is 0.134 e. The maximum atomic E-state index is 12.2. The van der Waals surface area contributed by atoms with Gasteiger partial charge in [0.2, 0.25) is 0 Å². The lowest BCUT2D eigenvalue weighted by Crippen LogP contribution is -1.98. The molecule has 0 saturated heterocycles. The molecule has 1 aromatic heterocycles. The number of rotatable bonds is 4. The highest BCUT2D eigenvalue weighted by atomic mass is 32.2. The maximum absolute atomic E-state index is 12.2. The van der Waals surface area contributed by atoms with E-state index < -0.39 is 9.52 Å². The molecule has 0 saturated carbocycles. The average Bonchev–Trinajstić information content (AvgIpc) is 2.57. The van der Waals surface area contributed by atoms with Crippen LogP contribution < -0.4 is 5.32 Å². The van der Waals surface area contributed by atoms with Crippen LogP contribution in [0.4, 0.5) is 11.5 Å². The average molecular weight is 337 g/mol. The van der Waals surface area contributed by atoms with Crippen molar-refractivity contribution in [2.75, 3.05) is 11.6 Å². The van der Waals surface area contributed by atoms with Gasteiger partial charge in [-0.05, 0) is 46.6 Å². The third kappa shape index (κ3) is 3.81. The van der Waals surface area contributed by atoms with E-state index in [2.05, 4.69) is 21.2 Å². The number of nitrogens with zero attached hydrogens (tertiary/aromatic N) is 2. The monoisotopic (exact) mass is 337 g/mol. The Kier molecular flexibility index (Phi) is 4.36. The molecule has 3 aromatic rings. The van der Waals surface area contributed by atoms with Crippen LogP contribution in [0, 0.1) is 6.92 Å². The molecule has 1 N–H and O–H groups in total. The fourth-order valence-electron chi connectivity index (χ4n) is 2.29. The Bertz CT molecular complexity index is 964. The summed E-state index contributed by atoms with van der Waals surface area (Å²) in [6.07, 6.45) is 3.16. The van der Waals surface area contributed by atoms with Gasteiger partial charge in [-0.15, -0.1) is 0 Å². The van der Waals surface area contributed by atoms with Crippen molar-refractivity contribution in [3.8, 4) is 11.3 Å². The fraction of sp³-hybridized carbons (Fsp3) is 0.105. The van der Waals surface area contributed by atoms with Gasteiger partial charge in [0.15, 0.2) is 0 Å². The highest BCUT2D eigenvalue weighted by Gasteiger charge is 2.06. The second kappa shape index (κ2) is 6.45. The van der Waals surface area contributed by atoms with Crippen LogP contribution in [0.3, 0.4) is 0 Å². The zero-order chi connectivity index (χ0) is 17.2. The predicted octanol–water partition coefficient (Wildman–Crippen LogP) is 3.90. The third-order valence-corrected chi connectivity index (χ3v) is 4.87. The molecule has 1 unspecified atom stereocenters. The molecule has 0 radical (unpaired) electrons. The van der Waals surface area contributed by atoms with Crippen molar-refractivity contribution in [3.63, 3.8) is 0 Å². The number of anilines is 2. The number of aryl methyl sites for hydroxylation is 1. The summed E-state index contributed by atoms with van der Waals surface area (Å²) in [5.41, 5.74) is 3.83. The summed E-state index contributed by atoms with van der Waals surface area (Å²) in [6.45, 7) is 2.05. The van der Waals surface area contributed by atoms with Crippen molar-refractivity contribution in [3.05, 3.63) is 66.5 Å². The normalized spacial score (nSPS) is 13.2. The second-order valence-corrected chi connectivity index (χ2v) is 8.29. The van der Waals surface area contributed by atoms with Crippen LogP contribution in [-0.4, -0.2) is 26.3 Å². The van der Waals surface area contributed by atoms with E-state index in [1.807, 2.05) is 61.5 Å². The SMILES string of the molecule is C=S(C)(=O)c1cccc(-c2cc(Nc3ccc(C)cc3)ncn2)c1. The molecule has 0 aliphatic heterocycles. The molecule has 4 nitrogen and oxygen atoms in total. The van der Waals surface area contributed by atoms with Gasteiger partial charge in [-0.2, -0.15) is 0 Å². The highest BCUT2D eigenvalue weighted by Crippen LogP contribution is 2.23. The van der Waals surface area contributed by atoms with E-state index in [9.17, 15) is 4.21 Å². The molecule has 2 aromatic carbocycles. The van der Waals surface area contributed by atoms with Gasteiger partial charge in [0.1, 0.15) is 12.1 Å². The second-order valence-electron chi connectivity index (χ2n) is 5.81. The van der Waals surface area contributed by atoms with Crippen LogP contribution in [-0.2, 0) is 9.52 Å². The zero-order valence-electron chi connectivity index (χ0n) is 13.7. The Morgan fingerprint density at radius 1 is 1.04 bits per heavy atom. The van der Waals surface area contributed by atoms with Crippen LogP contribution in [0.25, 0.3) is 11.3 Å². The molecule has 122 valence electrons. The summed E-state index contributed by atoms with van der Waals surface area (Å²) in [5, 5.41) is 3.27. The van der Waals surface area contributed by atoms with Crippen molar-refractivity contribution in [1.82, 2.24) is 9.97 Å². The summed E-state index contributed by atoms with van der Waals surface area (Å²) in [4.78, 5) is 9.30. The smallest absolute Gasteiger partial charge is 0.134 e. The van der Waals surface area contributed by atoms with E-state index in [0.717, 1.165) is 16.9 Å². The van der Waals surface area contributed by atoms with Crippen molar-refractivity contribution in [2.24, 2.45) is 0 Å². The molecule has 0 amide bonds. The summed E-state index contributed by atoms with van der Waals surface area (Å²) in [6, 6.07) is 17.5. The molecule has 0 bridgehead atoms. The molecule has 24 heavy (non-hydrogen) atoms. The summed E-state index contributed by atoms with van der Waals surface area (Å²) in [5.74, 6) is 4.45. The van der Waals surface area contributed by atoms with Gasteiger partial charge in [0.25, 0.3) is 0 Å². The van der Waals surface area contributed by atoms with Gasteiger partial charge < -0.3 is 5.32 Å². The molecule has 3 rings (SSSR count). The molecular weight excluding hydrogens is 318 g/mol. The lowest BCUT2D eigenvalue weighted by atomic mass is 10.1. The first-order valence-electron chi connectivity index (χ1n) is 7.50. The van der Waals surface area contributed by atoms with Gasteiger partial charge in [-0.1, -0.05) is 29.8 Å². The van der Waals surface area contributed by atoms with E-state index in [1.54, 1.807) is 6.26 Å². The minimum Gasteiger partial charge on any atom is -0.340 e. The molecule has 1 atom stereocenters. The Hall–Kier alpha value is -2.66. The first-order chi connectivity index (χ1) is 11.4. The lowest BCUT2D eigenvalue weighted by Gasteiger charge is -2.09. The van der Waals surface area contributed by atoms with E-state index in [0.29, 0.717) is 10.7 Å². The van der Waals surface area contributed by atoms with Gasteiger partial charge >= 0.3 is 0 Å². The summed E-state index contributed by atoms with van der Waals surface area (Å²) >= 11 is 0. The fourth-order valence-corrected chi connectivity index (χ4v) is 3.04. The largest absolute Gasteiger partial charge is 0.340 e. The first-order valence-corrected chi connectivity index (χ1v) is 9.64. The number of hydrogen-bond donors (Lipinski definition) is 1. The van der Waals surface area contributed by atoms with Crippen molar-refractivity contribution < 1.29 is 4.21 Å². The molecule has 0 aliphatic rings. The molecule has 0 aliphatic carbocycles. The van der Waals surface area contributed by atoms with E-state index >= 15 is 0 Å². The van der Waals surface area contributed by atoms with E-state index in [-0.39, 0.29) is 0 Å². The molecule has 1 heterocycles. The minimum absolute atomic E-state index is 0.709.